The molecular formula is C16H33N3O2. The van der Waals surface area contributed by atoms with Gasteiger partial charge in [0.1, 0.15) is 5.84 Å². The van der Waals surface area contributed by atoms with E-state index in [-0.39, 0.29) is 11.3 Å². The van der Waals surface area contributed by atoms with Gasteiger partial charge >= 0.3 is 0 Å². The molecule has 1 rings (SSSR count). The van der Waals surface area contributed by atoms with Gasteiger partial charge in [0.2, 0.25) is 0 Å². The molecule has 0 atom stereocenters. The molecular weight excluding hydrogens is 266 g/mol. The number of amidine groups is 1. The average molecular weight is 299 g/mol. The van der Waals surface area contributed by atoms with Crippen molar-refractivity contribution in [1.82, 2.24) is 5.32 Å². The standard InChI is InChI=1S/C16H33N3O2/c1-4-13-6-9-16(20,10-7-13)12-18-11-5-8-15(2,3)14(17)19-21/h13,18,20-21H,4-12H2,1-3H3,(H2,17,19). The molecule has 0 aromatic rings. The van der Waals surface area contributed by atoms with Crippen LogP contribution in [0.4, 0.5) is 0 Å². The Balaban J connectivity index is 2.20. The van der Waals surface area contributed by atoms with Gasteiger partial charge < -0.3 is 21.4 Å². The zero-order valence-corrected chi connectivity index (χ0v) is 13.9. The summed E-state index contributed by atoms with van der Waals surface area (Å²) in [6, 6.07) is 0. The first-order chi connectivity index (χ1) is 9.83. The van der Waals surface area contributed by atoms with Gasteiger partial charge in [0.25, 0.3) is 0 Å². The van der Waals surface area contributed by atoms with E-state index >= 15 is 0 Å². The van der Waals surface area contributed by atoms with Gasteiger partial charge in [-0.15, -0.1) is 0 Å². The molecule has 0 saturated heterocycles. The van der Waals surface area contributed by atoms with E-state index in [9.17, 15) is 5.11 Å². The van der Waals surface area contributed by atoms with Gasteiger partial charge in [0.05, 0.1) is 5.60 Å². The number of oxime groups is 1. The summed E-state index contributed by atoms with van der Waals surface area (Å²) >= 11 is 0. The number of nitrogens with one attached hydrogen (secondary N) is 1. The molecule has 0 radical (unpaired) electrons. The number of aliphatic hydroxyl groups is 1. The summed E-state index contributed by atoms with van der Waals surface area (Å²) in [5.41, 5.74) is 4.86. The van der Waals surface area contributed by atoms with E-state index in [1.54, 1.807) is 0 Å². The maximum Gasteiger partial charge on any atom is 0.144 e. The van der Waals surface area contributed by atoms with Crippen LogP contribution in [0, 0.1) is 11.3 Å². The molecule has 5 N–H and O–H groups in total. The molecule has 0 heterocycles. The van der Waals surface area contributed by atoms with Crippen LogP contribution in [0.2, 0.25) is 0 Å². The van der Waals surface area contributed by atoms with E-state index in [0.717, 1.165) is 51.0 Å². The van der Waals surface area contributed by atoms with Crippen LogP contribution >= 0.6 is 0 Å². The molecule has 0 unspecified atom stereocenters. The maximum absolute atomic E-state index is 10.5. The van der Waals surface area contributed by atoms with E-state index in [1.807, 2.05) is 13.8 Å². The molecule has 5 heteroatoms. The van der Waals surface area contributed by atoms with Crippen molar-refractivity contribution >= 4 is 5.84 Å². The van der Waals surface area contributed by atoms with Crippen LogP contribution in [0.5, 0.6) is 0 Å². The average Bonchev–Trinajstić information content (AvgIpc) is 2.46. The molecule has 1 saturated carbocycles. The smallest absolute Gasteiger partial charge is 0.144 e. The Hall–Kier alpha value is -0.810. The highest BCUT2D eigenvalue weighted by molar-refractivity contribution is 5.85. The van der Waals surface area contributed by atoms with Crippen molar-refractivity contribution in [3.63, 3.8) is 0 Å². The molecule has 0 aromatic carbocycles. The van der Waals surface area contributed by atoms with Crippen molar-refractivity contribution in [2.75, 3.05) is 13.1 Å². The molecule has 0 aliphatic heterocycles. The van der Waals surface area contributed by atoms with Crippen LogP contribution < -0.4 is 11.1 Å². The van der Waals surface area contributed by atoms with Gasteiger partial charge in [-0.3, -0.25) is 0 Å². The Kier molecular flexibility index (Phi) is 6.94. The lowest BCUT2D eigenvalue weighted by molar-refractivity contribution is -0.00852. The Morgan fingerprint density at radius 1 is 1.38 bits per heavy atom. The predicted octanol–water partition coefficient (Wildman–Crippen LogP) is 2.46. The van der Waals surface area contributed by atoms with Crippen molar-refractivity contribution in [1.29, 1.82) is 0 Å². The summed E-state index contributed by atoms with van der Waals surface area (Å²) in [4.78, 5) is 0. The van der Waals surface area contributed by atoms with Crippen LogP contribution in [0.25, 0.3) is 0 Å². The zero-order chi connectivity index (χ0) is 15.9. The Bertz CT molecular complexity index is 334. The van der Waals surface area contributed by atoms with Gasteiger partial charge in [-0.05, 0) is 51.0 Å². The fourth-order valence-corrected chi connectivity index (χ4v) is 3.04. The molecule has 0 spiro atoms. The lowest BCUT2D eigenvalue weighted by atomic mass is 9.78. The second-order valence-electron chi connectivity index (χ2n) is 7.23. The fraction of sp³-hybridized carbons (Fsp3) is 0.938. The number of rotatable bonds is 8. The first-order valence-corrected chi connectivity index (χ1v) is 8.24. The third kappa shape index (κ3) is 5.83. The van der Waals surface area contributed by atoms with E-state index < -0.39 is 5.60 Å². The van der Waals surface area contributed by atoms with Crippen LogP contribution in [0.3, 0.4) is 0 Å². The Labute approximate surface area is 129 Å². The molecule has 0 aromatic heterocycles. The minimum Gasteiger partial charge on any atom is -0.409 e. The minimum absolute atomic E-state index is 0.277. The van der Waals surface area contributed by atoms with Gasteiger partial charge in [-0.1, -0.05) is 32.3 Å². The van der Waals surface area contributed by atoms with Crippen LogP contribution in [-0.2, 0) is 0 Å². The zero-order valence-electron chi connectivity index (χ0n) is 13.9. The van der Waals surface area contributed by atoms with E-state index in [4.69, 9.17) is 10.9 Å². The molecule has 0 amide bonds. The number of nitrogens with two attached hydrogens (primary N) is 1. The van der Waals surface area contributed by atoms with Crippen molar-refractivity contribution in [2.45, 2.75) is 71.3 Å². The highest BCUT2D eigenvalue weighted by atomic mass is 16.4. The molecule has 124 valence electrons. The van der Waals surface area contributed by atoms with Gasteiger partial charge in [0.15, 0.2) is 0 Å². The Morgan fingerprint density at radius 3 is 2.52 bits per heavy atom. The van der Waals surface area contributed by atoms with E-state index in [0.29, 0.717) is 6.54 Å². The monoisotopic (exact) mass is 299 g/mol. The SMILES string of the molecule is CCC1CCC(O)(CNCCCC(C)(C)C(N)=NO)CC1. The van der Waals surface area contributed by atoms with Crippen LogP contribution in [0.15, 0.2) is 5.16 Å². The van der Waals surface area contributed by atoms with Crippen LogP contribution in [-0.4, -0.2) is 34.8 Å². The van der Waals surface area contributed by atoms with E-state index in [1.165, 1.54) is 6.42 Å². The first kappa shape index (κ1) is 18.2. The Morgan fingerprint density at radius 2 is 2.00 bits per heavy atom. The lowest BCUT2D eigenvalue weighted by Crippen LogP contribution is -2.44. The van der Waals surface area contributed by atoms with Crippen molar-refractivity contribution in [2.24, 2.45) is 22.2 Å². The summed E-state index contributed by atoms with van der Waals surface area (Å²) in [7, 11) is 0. The molecule has 1 aliphatic carbocycles. The van der Waals surface area contributed by atoms with Crippen molar-refractivity contribution < 1.29 is 10.3 Å². The third-order valence-electron chi connectivity index (χ3n) is 5.02. The lowest BCUT2D eigenvalue weighted by Gasteiger charge is -2.36. The number of hydrogen-bond donors (Lipinski definition) is 4. The topological polar surface area (TPSA) is 90.9 Å². The van der Waals surface area contributed by atoms with Crippen molar-refractivity contribution in [3.8, 4) is 0 Å². The second kappa shape index (κ2) is 7.99. The highest BCUT2D eigenvalue weighted by Gasteiger charge is 2.32. The first-order valence-electron chi connectivity index (χ1n) is 8.24. The molecule has 1 fully saturated rings. The minimum atomic E-state index is -0.521. The molecule has 21 heavy (non-hydrogen) atoms. The summed E-state index contributed by atoms with van der Waals surface area (Å²) < 4.78 is 0. The van der Waals surface area contributed by atoms with Gasteiger partial charge in [-0.2, -0.15) is 0 Å². The van der Waals surface area contributed by atoms with Gasteiger partial charge in [-0.25, -0.2) is 0 Å². The van der Waals surface area contributed by atoms with Crippen molar-refractivity contribution in [3.05, 3.63) is 0 Å². The quantitative estimate of drug-likeness (QED) is 0.182. The fourth-order valence-electron chi connectivity index (χ4n) is 3.04. The highest BCUT2D eigenvalue weighted by Crippen LogP contribution is 2.33. The normalized spacial score (nSPS) is 27.8. The third-order valence-corrected chi connectivity index (χ3v) is 5.02. The molecule has 0 bridgehead atoms. The van der Waals surface area contributed by atoms with Crippen LogP contribution in [0.1, 0.15) is 65.7 Å². The largest absolute Gasteiger partial charge is 0.409 e. The molecule has 5 nitrogen and oxygen atoms in total. The van der Waals surface area contributed by atoms with E-state index in [2.05, 4.69) is 17.4 Å². The number of nitrogens with zero attached hydrogens (tertiary/aromatic N) is 1. The van der Waals surface area contributed by atoms with Gasteiger partial charge in [0, 0.05) is 12.0 Å². The maximum atomic E-state index is 10.5. The summed E-state index contributed by atoms with van der Waals surface area (Å²) in [6.45, 7) is 7.70. The number of hydrogen-bond acceptors (Lipinski definition) is 4. The molecule has 1 aliphatic rings. The summed E-state index contributed by atoms with van der Waals surface area (Å²) in [5.74, 6) is 1.07. The summed E-state index contributed by atoms with van der Waals surface area (Å²) in [6.07, 6.45) is 7.13. The second-order valence-corrected chi connectivity index (χ2v) is 7.23. The predicted molar refractivity (Wildman–Crippen MR) is 86.5 cm³/mol. The summed E-state index contributed by atoms with van der Waals surface area (Å²) in [5, 5.41) is 25.7.